The van der Waals surface area contributed by atoms with Gasteiger partial charge in [0.15, 0.2) is 0 Å². The molecule has 0 fully saturated rings. The Balaban J connectivity index is 2.14. The molecule has 0 radical (unpaired) electrons. The summed E-state index contributed by atoms with van der Waals surface area (Å²) in [5.74, 6) is -0.479. The summed E-state index contributed by atoms with van der Waals surface area (Å²) in [6, 6.07) is 5.17. The van der Waals surface area contributed by atoms with Crippen molar-refractivity contribution in [3.63, 3.8) is 0 Å². The number of esters is 1. The van der Waals surface area contributed by atoms with Gasteiger partial charge in [0.2, 0.25) is 0 Å². The number of aromatic nitrogens is 1. The number of amides is 1. The maximum absolute atomic E-state index is 12.2. The third kappa shape index (κ3) is 4.55. The number of methoxy groups -OCH3 is 1. The van der Waals surface area contributed by atoms with Crippen molar-refractivity contribution in [2.45, 2.75) is 32.8 Å². The Morgan fingerprint density at radius 2 is 2.00 bits per heavy atom. The Bertz CT molecular complexity index is 632. The van der Waals surface area contributed by atoms with E-state index in [1.165, 1.54) is 7.11 Å². The first-order chi connectivity index (χ1) is 10.8. The second kappa shape index (κ2) is 6.81. The van der Waals surface area contributed by atoms with Crippen molar-refractivity contribution in [1.29, 1.82) is 0 Å². The third-order valence-electron chi connectivity index (χ3n) is 3.28. The lowest BCUT2D eigenvalue weighted by molar-refractivity contribution is 0.0272. The van der Waals surface area contributed by atoms with Crippen molar-refractivity contribution in [1.82, 2.24) is 9.88 Å². The summed E-state index contributed by atoms with van der Waals surface area (Å²) in [4.78, 5) is 29.7. The van der Waals surface area contributed by atoms with Crippen LogP contribution >= 0.6 is 0 Å². The summed E-state index contributed by atoms with van der Waals surface area (Å²) in [6.45, 7) is 6.54. The highest BCUT2D eigenvalue weighted by atomic mass is 16.6. The molecule has 0 saturated carbocycles. The molecule has 23 heavy (non-hydrogen) atoms. The van der Waals surface area contributed by atoms with Crippen LogP contribution in [0.1, 0.15) is 43.4 Å². The molecule has 0 aromatic carbocycles. The fraction of sp³-hybridized carbons (Fsp3) is 0.471. The zero-order chi connectivity index (χ0) is 17.0. The van der Waals surface area contributed by atoms with Crippen LogP contribution in [0.2, 0.25) is 0 Å². The van der Waals surface area contributed by atoms with E-state index in [1.807, 2.05) is 32.9 Å². The summed E-state index contributed by atoms with van der Waals surface area (Å²) in [6.07, 6.45) is 2.41. The first-order valence-corrected chi connectivity index (χ1v) is 7.53. The molecule has 6 heteroatoms. The lowest BCUT2D eigenvalue weighted by Gasteiger charge is -2.30. The van der Waals surface area contributed by atoms with Gasteiger partial charge < -0.3 is 14.4 Å². The number of pyridine rings is 1. The molecule has 1 aromatic rings. The summed E-state index contributed by atoms with van der Waals surface area (Å²) in [5.41, 5.74) is 1.29. The van der Waals surface area contributed by atoms with Crippen LogP contribution in [0.15, 0.2) is 24.3 Å². The average Bonchev–Trinajstić information content (AvgIpc) is 2.53. The number of hydrogen-bond acceptors (Lipinski definition) is 5. The second-order valence-electron chi connectivity index (χ2n) is 6.32. The first-order valence-electron chi connectivity index (χ1n) is 7.53. The number of nitrogens with zero attached hydrogens (tertiary/aromatic N) is 2. The van der Waals surface area contributed by atoms with Crippen LogP contribution in [0.3, 0.4) is 0 Å². The van der Waals surface area contributed by atoms with Crippen molar-refractivity contribution in [3.8, 4) is 0 Å². The van der Waals surface area contributed by atoms with Gasteiger partial charge in [-0.05, 0) is 44.9 Å². The SMILES string of the molecule is COC(=O)c1cccc(C2=CCCN(C(=O)OC(C)(C)C)C2)n1. The number of carbonyl (C=O) groups excluding carboxylic acids is 2. The molecule has 1 amide bonds. The Kier molecular flexibility index (Phi) is 5.03. The smallest absolute Gasteiger partial charge is 0.410 e. The number of carbonyl (C=O) groups is 2. The maximum Gasteiger partial charge on any atom is 0.410 e. The monoisotopic (exact) mass is 318 g/mol. The summed E-state index contributed by atoms with van der Waals surface area (Å²) >= 11 is 0. The van der Waals surface area contributed by atoms with E-state index < -0.39 is 11.6 Å². The average molecular weight is 318 g/mol. The lowest BCUT2D eigenvalue weighted by atomic mass is 10.1. The van der Waals surface area contributed by atoms with E-state index in [9.17, 15) is 9.59 Å². The zero-order valence-electron chi connectivity index (χ0n) is 14.0. The van der Waals surface area contributed by atoms with E-state index in [4.69, 9.17) is 4.74 Å². The van der Waals surface area contributed by atoms with Gasteiger partial charge in [-0.3, -0.25) is 0 Å². The molecule has 124 valence electrons. The maximum atomic E-state index is 12.2. The Morgan fingerprint density at radius 1 is 1.26 bits per heavy atom. The van der Waals surface area contributed by atoms with E-state index in [1.54, 1.807) is 17.0 Å². The minimum Gasteiger partial charge on any atom is -0.464 e. The molecule has 0 saturated heterocycles. The van der Waals surface area contributed by atoms with Gasteiger partial charge in [-0.15, -0.1) is 0 Å². The molecular formula is C17H22N2O4. The predicted molar refractivity (Wildman–Crippen MR) is 86.0 cm³/mol. The van der Waals surface area contributed by atoms with Gasteiger partial charge in [-0.25, -0.2) is 14.6 Å². The van der Waals surface area contributed by atoms with Gasteiger partial charge in [0.05, 0.1) is 19.3 Å². The minimum absolute atomic E-state index is 0.250. The molecule has 2 rings (SSSR count). The molecule has 0 unspecified atom stereocenters. The molecule has 1 aliphatic rings. The normalized spacial score (nSPS) is 15.0. The molecule has 2 heterocycles. The molecular weight excluding hydrogens is 296 g/mol. The molecule has 1 aromatic heterocycles. The molecule has 0 spiro atoms. The largest absolute Gasteiger partial charge is 0.464 e. The van der Waals surface area contributed by atoms with Crippen molar-refractivity contribution < 1.29 is 19.1 Å². The number of hydrogen-bond donors (Lipinski definition) is 0. The standard InChI is InChI=1S/C17H22N2O4/c1-17(2,3)23-16(21)19-10-6-7-12(11-19)13-8-5-9-14(18-13)15(20)22-4/h5,7-9H,6,10-11H2,1-4H3. The fourth-order valence-electron chi connectivity index (χ4n) is 2.24. The second-order valence-corrected chi connectivity index (χ2v) is 6.32. The van der Waals surface area contributed by atoms with Gasteiger partial charge in [0, 0.05) is 6.54 Å². The van der Waals surface area contributed by atoms with Crippen molar-refractivity contribution in [2.75, 3.05) is 20.2 Å². The van der Waals surface area contributed by atoms with Crippen molar-refractivity contribution in [3.05, 3.63) is 35.7 Å². The topological polar surface area (TPSA) is 68.7 Å². The Labute approximate surface area is 136 Å². The van der Waals surface area contributed by atoms with Crippen LogP contribution in [0, 0.1) is 0 Å². The fourth-order valence-corrected chi connectivity index (χ4v) is 2.24. The Morgan fingerprint density at radius 3 is 2.65 bits per heavy atom. The molecule has 0 aliphatic carbocycles. The van der Waals surface area contributed by atoms with Gasteiger partial charge >= 0.3 is 12.1 Å². The first kappa shape index (κ1) is 17.0. The Hall–Kier alpha value is -2.37. The van der Waals surface area contributed by atoms with Crippen LogP contribution in [-0.4, -0.2) is 47.7 Å². The van der Waals surface area contributed by atoms with Gasteiger partial charge in [0.25, 0.3) is 0 Å². The summed E-state index contributed by atoms with van der Waals surface area (Å²) in [5, 5.41) is 0. The number of rotatable bonds is 2. The predicted octanol–water partition coefficient (Wildman–Crippen LogP) is 2.89. The van der Waals surface area contributed by atoms with Crippen LogP contribution < -0.4 is 0 Å². The zero-order valence-corrected chi connectivity index (χ0v) is 14.0. The van der Waals surface area contributed by atoms with Crippen LogP contribution in [0.4, 0.5) is 4.79 Å². The van der Waals surface area contributed by atoms with E-state index in [-0.39, 0.29) is 11.8 Å². The van der Waals surface area contributed by atoms with E-state index in [0.717, 1.165) is 12.0 Å². The van der Waals surface area contributed by atoms with E-state index >= 15 is 0 Å². The highest BCUT2D eigenvalue weighted by molar-refractivity contribution is 5.87. The van der Waals surface area contributed by atoms with Crippen molar-refractivity contribution >= 4 is 17.6 Å². The highest BCUT2D eigenvalue weighted by Crippen LogP contribution is 2.21. The minimum atomic E-state index is -0.526. The summed E-state index contributed by atoms with van der Waals surface area (Å²) < 4.78 is 10.1. The third-order valence-corrected chi connectivity index (χ3v) is 3.28. The van der Waals surface area contributed by atoms with E-state index in [0.29, 0.717) is 18.8 Å². The van der Waals surface area contributed by atoms with E-state index in [2.05, 4.69) is 9.72 Å². The molecule has 0 N–H and O–H groups in total. The molecule has 1 aliphatic heterocycles. The molecule has 0 atom stereocenters. The number of ether oxygens (including phenoxy) is 2. The van der Waals surface area contributed by atoms with Crippen LogP contribution in [-0.2, 0) is 9.47 Å². The molecule has 0 bridgehead atoms. The van der Waals surface area contributed by atoms with Gasteiger partial charge in [-0.1, -0.05) is 12.1 Å². The lowest BCUT2D eigenvalue weighted by Crippen LogP contribution is -2.39. The van der Waals surface area contributed by atoms with Crippen LogP contribution in [0.5, 0.6) is 0 Å². The van der Waals surface area contributed by atoms with Gasteiger partial charge in [-0.2, -0.15) is 0 Å². The quantitative estimate of drug-likeness (QED) is 0.784. The highest BCUT2D eigenvalue weighted by Gasteiger charge is 2.25. The van der Waals surface area contributed by atoms with Crippen LogP contribution in [0.25, 0.3) is 5.57 Å². The van der Waals surface area contributed by atoms with Crippen molar-refractivity contribution in [2.24, 2.45) is 0 Å². The van der Waals surface area contributed by atoms with Gasteiger partial charge in [0.1, 0.15) is 11.3 Å². The molecule has 6 nitrogen and oxygen atoms in total. The summed E-state index contributed by atoms with van der Waals surface area (Å²) in [7, 11) is 1.32.